The first-order valence-electron chi connectivity index (χ1n) is 6.39. The van der Waals surface area contributed by atoms with Gasteiger partial charge in [-0.2, -0.15) is 0 Å². The number of benzene rings is 1. The molecule has 1 rings (SSSR count). The van der Waals surface area contributed by atoms with E-state index in [1.54, 1.807) is 0 Å². The van der Waals surface area contributed by atoms with Crippen LogP contribution in [0.1, 0.15) is 31.2 Å². The Bertz CT molecular complexity index is 302. The van der Waals surface area contributed by atoms with E-state index in [0.717, 1.165) is 51.0 Å². The fraction of sp³-hybridized carbons (Fsp3) is 0.571. The highest BCUT2D eigenvalue weighted by atomic mass is 16.5. The molecule has 0 bridgehead atoms. The van der Waals surface area contributed by atoms with Gasteiger partial charge in [0.05, 0.1) is 6.61 Å². The van der Waals surface area contributed by atoms with Gasteiger partial charge in [-0.25, -0.2) is 0 Å². The predicted octanol–water partition coefficient (Wildman–Crippen LogP) is 2.12. The highest BCUT2D eigenvalue weighted by Crippen LogP contribution is 2.15. The van der Waals surface area contributed by atoms with Crippen molar-refractivity contribution in [2.24, 2.45) is 5.73 Å². The van der Waals surface area contributed by atoms with E-state index >= 15 is 0 Å². The molecule has 0 spiro atoms. The van der Waals surface area contributed by atoms with Crippen LogP contribution >= 0.6 is 0 Å². The first kappa shape index (κ1) is 14.0. The number of ether oxygens (including phenoxy) is 1. The van der Waals surface area contributed by atoms with E-state index in [1.165, 1.54) is 5.56 Å². The van der Waals surface area contributed by atoms with Crippen molar-refractivity contribution < 1.29 is 9.84 Å². The molecule has 3 nitrogen and oxygen atoms in total. The average Bonchev–Trinajstić information content (AvgIpc) is 2.37. The second kappa shape index (κ2) is 9.02. The van der Waals surface area contributed by atoms with Crippen LogP contribution < -0.4 is 10.5 Å². The molecule has 0 aliphatic heterocycles. The largest absolute Gasteiger partial charge is 0.494 e. The Kier molecular flexibility index (Phi) is 7.43. The number of nitrogens with two attached hydrogens (primary N) is 1. The summed E-state index contributed by atoms with van der Waals surface area (Å²) >= 11 is 0. The van der Waals surface area contributed by atoms with Gasteiger partial charge in [-0.1, -0.05) is 12.1 Å². The lowest BCUT2D eigenvalue weighted by atomic mass is 10.1. The maximum absolute atomic E-state index is 8.65. The zero-order valence-electron chi connectivity index (χ0n) is 10.4. The van der Waals surface area contributed by atoms with Crippen molar-refractivity contribution in [1.29, 1.82) is 0 Å². The SMILES string of the molecule is NCCCc1cccc(OCCCCCO)c1. The summed E-state index contributed by atoms with van der Waals surface area (Å²) < 4.78 is 5.66. The van der Waals surface area contributed by atoms with E-state index in [4.69, 9.17) is 15.6 Å². The maximum Gasteiger partial charge on any atom is 0.119 e. The third kappa shape index (κ3) is 6.29. The first-order chi connectivity index (χ1) is 8.36. The Labute approximate surface area is 104 Å². The van der Waals surface area contributed by atoms with Crippen LogP contribution in [0.15, 0.2) is 24.3 Å². The monoisotopic (exact) mass is 237 g/mol. The van der Waals surface area contributed by atoms with Crippen LogP contribution in [0.2, 0.25) is 0 Å². The standard InChI is InChI=1S/C14H23NO2/c15-9-5-7-13-6-4-8-14(12-13)17-11-3-1-2-10-16/h4,6,8,12,16H,1-3,5,7,9-11,15H2. The van der Waals surface area contributed by atoms with Gasteiger partial charge >= 0.3 is 0 Å². The number of aliphatic hydroxyl groups is 1. The zero-order valence-corrected chi connectivity index (χ0v) is 10.4. The number of rotatable bonds is 9. The van der Waals surface area contributed by atoms with Crippen LogP contribution in [0.5, 0.6) is 5.75 Å². The smallest absolute Gasteiger partial charge is 0.119 e. The Morgan fingerprint density at radius 1 is 1.12 bits per heavy atom. The van der Waals surface area contributed by atoms with Crippen molar-refractivity contribution in [1.82, 2.24) is 0 Å². The van der Waals surface area contributed by atoms with Gasteiger partial charge in [-0.15, -0.1) is 0 Å². The lowest BCUT2D eigenvalue weighted by Gasteiger charge is -2.07. The predicted molar refractivity (Wildman–Crippen MR) is 70.2 cm³/mol. The topological polar surface area (TPSA) is 55.5 Å². The highest BCUT2D eigenvalue weighted by molar-refractivity contribution is 5.28. The molecule has 0 aliphatic carbocycles. The molecule has 96 valence electrons. The molecular formula is C14H23NO2. The molecule has 3 N–H and O–H groups in total. The van der Waals surface area contributed by atoms with E-state index in [-0.39, 0.29) is 6.61 Å². The van der Waals surface area contributed by atoms with Crippen molar-refractivity contribution in [2.75, 3.05) is 19.8 Å². The van der Waals surface area contributed by atoms with Crippen LogP contribution in [0.3, 0.4) is 0 Å². The van der Waals surface area contributed by atoms with Crippen molar-refractivity contribution >= 4 is 0 Å². The number of hydrogen-bond acceptors (Lipinski definition) is 3. The molecule has 0 unspecified atom stereocenters. The maximum atomic E-state index is 8.65. The van der Waals surface area contributed by atoms with Gasteiger partial charge in [0.15, 0.2) is 0 Å². The van der Waals surface area contributed by atoms with Gasteiger partial charge in [-0.05, 0) is 56.3 Å². The van der Waals surface area contributed by atoms with E-state index in [9.17, 15) is 0 Å². The summed E-state index contributed by atoms with van der Waals surface area (Å²) in [6, 6.07) is 8.20. The van der Waals surface area contributed by atoms with Crippen molar-refractivity contribution in [3.05, 3.63) is 29.8 Å². The Balaban J connectivity index is 2.27. The summed E-state index contributed by atoms with van der Waals surface area (Å²) in [6.45, 7) is 1.72. The molecule has 0 saturated heterocycles. The number of aliphatic hydroxyl groups excluding tert-OH is 1. The summed E-state index contributed by atoms with van der Waals surface area (Å²) in [5.74, 6) is 0.934. The molecule has 0 aromatic heterocycles. The Morgan fingerprint density at radius 2 is 2.00 bits per heavy atom. The summed E-state index contributed by atoms with van der Waals surface area (Å²) in [5, 5.41) is 8.65. The van der Waals surface area contributed by atoms with Gasteiger partial charge in [0.25, 0.3) is 0 Å². The zero-order chi connectivity index (χ0) is 12.3. The Hall–Kier alpha value is -1.06. The third-order valence-electron chi connectivity index (χ3n) is 2.64. The molecule has 1 aromatic carbocycles. The van der Waals surface area contributed by atoms with Crippen LogP contribution in [0, 0.1) is 0 Å². The fourth-order valence-corrected chi connectivity index (χ4v) is 1.68. The normalized spacial score (nSPS) is 10.5. The molecule has 0 fully saturated rings. The van der Waals surface area contributed by atoms with Gasteiger partial charge in [0, 0.05) is 6.61 Å². The van der Waals surface area contributed by atoms with E-state index in [0.29, 0.717) is 0 Å². The second-order valence-corrected chi connectivity index (χ2v) is 4.17. The van der Waals surface area contributed by atoms with Crippen LogP contribution in [0.25, 0.3) is 0 Å². The molecule has 0 atom stereocenters. The van der Waals surface area contributed by atoms with Gasteiger partial charge in [-0.3, -0.25) is 0 Å². The van der Waals surface area contributed by atoms with Crippen molar-refractivity contribution in [2.45, 2.75) is 32.1 Å². The summed E-state index contributed by atoms with van der Waals surface area (Å²) in [6.07, 6.45) is 4.90. The third-order valence-corrected chi connectivity index (χ3v) is 2.64. The van der Waals surface area contributed by atoms with Crippen molar-refractivity contribution in [3.63, 3.8) is 0 Å². The lowest BCUT2D eigenvalue weighted by molar-refractivity contribution is 0.266. The number of unbranched alkanes of at least 4 members (excludes halogenated alkanes) is 2. The highest BCUT2D eigenvalue weighted by Gasteiger charge is 1.97. The summed E-state index contributed by atoms with van der Waals surface area (Å²) in [7, 11) is 0. The molecule has 0 saturated carbocycles. The summed E-state index contributed by atoms with van der Waals surface area (Å²) in [5.41, 5.74) is 6.77. The molecule has 17 heavy (non-hydrogen) atoms. The average molecular weight is 237 g/mol. The van der Waals surface area contributed by atoms with Crippen LogP contribution in [-0.2, 0) is 6.42 Å². The van der Waals surface area contributed by atoms with E-state index in [2.05, 4.69) is 12.1 Å². The minimum Gasteiger partial charge on any atom is -0.494 e. The molecule has 3 heteroatoms. The van der Waals surface area contributed by atoms with Gasteiger partial charge in [0.1, 0.15) is 5.75 Å². The van der Waals surface area contributed by atoms with Crippen LogP contribution in [0.4, 0.5) is 0 Å². The van der Waals surface area contributed by atoms with Gasteiger partial charge in [0.2, 0.25) is 0 Å². The first-order valence-corrected chi connectivity index (χ1v) is 6.39. The quantitative estimate of drug-likeness (QED) is 0.647. The lowest BCUT2D eigenvalue weighted by Crippen LogP contribution is -2.01. The van der Waals surface area contributed by atoms with Crippen molar-refractivity contribution in [3.8, 4) is 5.75 Å². The van der Waals surface area contributed by atoms with Gasteiger partial charge < -0.3 is 15.6 Å². The minimum absolute atomic E-state index is 0.272. The second-order valence-electron chi connectivity index (χ2n) is 4.17. The minimum atomic E-state index is 0.272. The fourth-order valence-electron chi connectivity index (χ4n) is 1.68. The van der Waals surface area contributed by atoms with E-state index in [1.807, 2.05) is 12.1 Å². The number of hydrogen-bond donors (Lipinski definition) is 2. The molecule has 0 amide bonds. The van der Waals surface area contributed by atoms with Crippen LogP contribution in [-0.4, -0.2) is 24.9 Å². The van der Waals surface area contributed by atoms with E-state index < -0.39 is 0 Å². The molecule has 0 aliphatic rings. The molecular weight excluding hydrogens is 214 g/mol. The molecule has 0 radical (unpaired) electrons. The molecule has 0 heterocycles. The Morgan fingerprint density at radius 3 is 2.76 bits per heavy atom. The molecule has 1 aromatic rings. The summed E-state index contributed by atoms with van der Waals surface area (Å²) in [4.78, 5) is 0. The number of aryl methyl sites for hydroxylation is 1.